The number of aliphatic hydroxyl groups excluding tert-OH is 5. The van der Waals surface area contributed by atoms with Crippen LogP contribution in [-0.2, 0) is 14.3 Å². The van der Waals surface area contributed by atoms with Crippen LogP contribution in [0.3, 0.4) is 0 Å². The largest absolute Gasteiger partial charge is 0.394 e. The second kappa shape index (κ2) is 63.4. The van der Waals surface area contributed by atoms with Gasteiger partial charge < -0.3 is 40.3 Å². The van der Waals surface area contributed by atoms with Gasteiger partial charge in [-0.05, 0) is 96.3 Å². The summed E-state index contributed by atoms with van der Waals surface area (Å²) in [5.74, 6) is -0.247. The quantitative estimate of drug-likeness (QED) is 0.0261. The van der Waals surface area contributed by atoms with Gasteiger partial charge in [-0.1, -0.05) is 314 Å². The minimum Gasteiger partial charge on any atom is -0.394 e. The summed E-state index contributed by atoms with van der Waals surface area (Å²) in [4.78, 5) is 13.1. The lowest BCUT2D eigenvalue weighted by molar-refractivity contribution is -0.302. The van der Waals surface area contributed by atoms with Crippen molar-refractivity contribution in [2.45, 2.75) is 326 Å². The standard InChI is InChI=1S/C76H129NO8/c1-3-5-7-9-11-13-15-17-19-21-23-25-27-29-31-33-34-35-36-38-39-41-43-45-47-49-51-53-55-57-59-61-63-65-70(79)69(68-84-76-75(83)74(82)73(81)71(67-78)85-76)77-72(80)66-64-62-60-58-56-54-52-50-48-46-44-42-40-37-32-30-28-26-24-22-20-18-16-14-12-10-8-6-4-2/h6,8,12,14,18,20,24,26,30,32,40,42,46,48,52,54-55,57-58,60,63,65,69-71,73-76,78-79,81-83H,3-5,7,9-11,13,15-17,19,21-23,25,27-29,31,33-39,41,43-45,47,49-51,53,56,59,61-62,64,66-68H2,1-2H3,(H,77,80)/b8-6-,14-12-,20-18-,26-24-,32-30-,42-40-,48-46-,54-52-,57-55+,60-58-,65-63+. The van der Waals surface area contributed by atoms with Crippen molar-refractivity contribution in [1.82, 2.24) is 5.32 Å². The molecule has 0 spiro atoms. The van der Waals surface area contributed by atoms with Crippen molar-refractivity contribution in [2.24, 2.45) is 0 Å². The molecule has 9 heteroatoms. The van der Waals surface area contributed by atoms with Crippen molar-refractivity contribution in [3.05, 3.63) is 134 Å². The highest BCUT2D eigenvalue weighted by Gasteiger charge is 2.44. The zero-order valence-electron chi connectivity index (χ0n) is 54.3. The van der Waals surface area contributed by atoms with Gasteiger partial charge in [-0.25, -0.2) is 0 Å². The average molecular weight is 1180 g/mol. The van der Waals surface area contributed by atoms with Crippen LogP contribution in [0.2, 0.25) is 0 Å². The van der Waals surface area contributed by atoms with E-state index in [-0.39, 0.29) is 18.9 Å². The Morgan fingerprint density at radius 3 is 1.13 bits per heavy atom. The molecule has 1 heterocycles. The van der Waals surface area contributed by atoms with Crippen LogP contribution in [0.25, 0.3) is 0 Å². The smallest absolute Gasteiger partial charge is 0.220 e. The van der Waals surface area contributed by atoms with Crippen LogP contribution in [0.1, 0.15) is 284 Å². The van der Waals surface area contributed by atoms with Crippen molar-refractivity contribution in [3.8, 4) is 0 Å². The van der Waals surface area contributed by atoms with Crippen LogP contribution in [-0.4, -0.2) is 87.5 Å². The molecule has 7 atom stereocenters. The first-order valence-electron chi connectivity index (χ1n) is 34.9. The summed E-state index contributed by atoms with van der Waals surface area (Å²) in [5, 5.41) is 54.7. The van der Waals surface area contributed by atoms with E-state index in [1.54, 1.807) is 6.08 Å². The summed E-state index contributed by atoms with van der Waals surface area (Å²) in [5.41, 5.74) is 0. The Hall–Kier alpha value is -3.67. The first kappa shape index (κ1) is 79.3. The maximum atomic E-state index is 13.1. The average Bonchev–Trinajstić information content (AvgIpc) is 3.56. The Balaban J connectivity index is 2.22. The van der Waals surface area contributed by atoms with Gasteiger partial charge in [-0.15, -0.1) is 0 Å². The molecule has 9 nitrogen and oxygen atoms in total. The SMILES string of the molecule is CC/C=C\C/C=C\C/C=C\C/C=C\C/C=C\C/C=C\C/C=C\C/C=C\C/C=C\CCCC(=O)NC(COC1OC(CO)C(O)C(O)C1O)C(O)/C=C/CC/C=C/CCCCCCCCCCCCCCCCCCCCCCCCCCCCC. The number of rotatable bonds is 59. The molecule has 7 unspecified atom stereocenters. The van der Waals surface area contributed by atoms with Crippen molar-refractivity contribution < 1.29 is 39.8 Å². The van der Waals surface area contributed by atoms with E-state index in [2.05, 4.69) is 141 Å². The molecule has 486 valence electrons. The molecular weight excluding hydrogens is 1050 g/mol. The number of carbonyl (C=O) groups is 1. The molecule has 1 fully saturated rings. The number of carbonyl (C=O) groups excluding carboxylic acids is 1. The minimum atomic E-state index is -1.59. The first-order valence-corrected chi connectivity index (χ1v) is 34.9. The van der Waals surface area contributed by atoms with Crippen LogP contribution >= 0.6 is 0 Å². The van der Waals surface area contributed by atoms with Gasteiger partial charge in [-0.2, -0.15) is 0 Å². The van der Waals surface area contributed by atoms with Gasteiger partial charge >= 0.3 is 0 Å². The molecule has 1 aliphatic heterocycles. The van der Waals surface area contributed by atoms with Crippen molar-refractivity contribution in [2.75, 3.05) is 13.2 Å². The topological polar surface area (TPSA) is 149 Å². The van der Waals surface area contributed by atoms with E-state index in [0.29, 0.717) is 6.42 Å². The van der Waals surface area contributed by atoms with Gasteiger partial charge in [0.25, 0.3) is 0 Å². The lowest BCUT2D eigenvalue weighted by atomic mass is 9.99. The number of nitrogens with one attached hydrogen (secondary N) is 1. The third-order valence-corrected chi connectivity index (χ3v) is 15.7. The Kier molecular flexibility index (Phi) is 59.1. The summed E-state index contributed by atoms with van der Waals surface area (Å²) < 4.78 is 11.3. The second-order valence-electron chi connectivity index (χ2n) is 23.6. The highest BCUT2D eigenvalue weighted by Crippen LogP contribution is 2.23. The number of aliphatic hydroxyl groups is 5. The van der Waals surface area contributed by atoms with E-state index in [0.717, 1.165) is 83.5 Å². The molecule has 0 saturated carbocycles. The van der Waals surface area contributed by atoms with Gasteiger partial charge in [0.2, 0.25) is 5.91 Å². The number of hydrogen-bond donors (Lipinski definition) is 6. The third-order valence-electron chi connectivity index (χ3n) is 15.7. The summed E-state index contributed by atoms with van der Waals surface area (Å²) >= 11 is 0. The molecule has 1 saturated heterocycles. The molecule has 0 bridgehead atoms. The molecule has 0 aromatic rings. The molecular formula is C76H129NO8. The van der Waals surface area contributed by atoms with Gasteiger partial charge in [-0.3, -0.25) is 4.79 Å². The molecule has 1 rings (SSSR count). The maximum Gasteiger partial charge on any atom is 0.220 e. The third kappa shape index (κ3) is 52.0. The van der Waals surface area contributed by atoms with E-state index in [9.17, 15) is 30.3 Å². The van der Waals surface area contributed by atoms with Gasteiger partial charge in [0.1, 0.15) is 24.4 Å². The zero-order chi connectivity index (χ0) is 61.4. The summed E-state index contributed by atoms with van der Waals surface area (Å²) in [6.45, 7) is 3.63. The lowest BCUT2D eigenvalue weighted by Crippen LogP contribution is -2.60. The lowest BCUT2D eigenvalue weighted by Gasteiger charge is -2.40. The number of allylic oxidation sites excluding steroid dienone is 21. The second-order valence-corrected chi connectivity index (χ2v) is 23.6. The number of ether oxygens (including phenoxy) is 2. The van der Waals surface area contributed by atoms with Gasteiger partial charge in [0, 0.05) is 6.42 Å². The zero-order valence-corrected chi connectivity index (χ0v) is 54.3. The Bertz CT molecular complexity index is 1800. The summed E-state index contributed by atoms with van der Waals surface area (Å²) in [6.07, 6.45) is 90.0. The van der Waals surface area contributed by atoms with E-state index in [1.807, 2.05) is 6.08 Å². The summed E-state index contributed by atoms with van der Waals surface area (Å²) in [7, 11) is 0. The Labute approximate surface area is 521 Å². The van der Waals surface area contributed by atoms with Crippen LogP contribution in [0, 0.1) is 0 Å². The number of unbranched alkanes of at least 4 members (excludes halogenated alkanes) is 29. The molecule has 85 heavy (non-hydrogen) atoms. The van der Waals surface area contributed by atoms with E-state index in [1.165, 1.54) is 173 Å². The fourth-order valence-corrected chi connectivity index (χ4v) is 10.3. The first-order chi connectivity index (χ1) is 41.8. The predicted octanol–water partition coefficient (Wildman–Crippen LogP) is 19.2. The highest BCUT2D eigenvalue weighted by molar-refractivity contribution is 5.76. The molecule has 0 aromatic heterocycles. The molecule has 1 amide bonds. The van der Waals surface area contributed by atoms with Crippen molar-refractivity contribution in [3.63, 3.8) is 0 Å². The van der Waals surface area contributed by atoms with Crippen LogP contribution in [0.15, 0.2) is 134 Å². The molecule has 6 N–H and O–H groups in total. The maximum absolute atomic E-state index is 13.1. The fourth-order valence-electron chi connectivity index (χ4n) is 10.3. The monoisotopic (exact) mass is 1180 g/mol. The van der Waals surface area contributed by atoms with Gasteiger partial charge in [0.15, 0.2) is 6.29 Å². The van der Waals surface area contributed by atoms with Crippen molar-refractivity contribution >= 4 is 5.91 Å². The van der Waals surface area contributed by atoms with Crippen LogP contribution in [0.4, 0.5) is 0 Å². The number of hydrogen-bond acceptors (Lipinski definition) is 8. The van der Waals surface area contributed by atoms with E-state index in [4.69, 9.17) is 9.47 Å². The molecule has 0 aromatic carbocycles. The van der Waals surface area contributed by atoms with E-state index >= 15 is 0 Å². The van der Waals surface area contributed by atoms with E-state index < -0.39 is 49.5 Å². The number of amides is 1. The summed E-state index contributed by atoms with van der Waals surface area (Å²) in [6, 6.07) is -0.865. The van der Waals surface area contributed by atoms with Crippen LogP contribution in [0.5, 0.6) is 0 Å². The van der Waals surface area contributed by atoms with Crippen molar-refractivity contribution in [1.29, 1.82) is 0 Å². The fraction of sp³-hybridized carbons (Fsp3) is 0.697. The molecule has 0 radical (unpaired) electrons. The Morgan fingerprint density at radius 2 is 0.741 bits per heavy atom. The van der Waals surface area contributed by atoms with Crippen LogP contribution < -0.4 is 5.32 Å². The van der Waals surface area contributed by atoms with Gasteiger partial charge in [0.05, 0.1) is 25.4 Å². The Morgan fingerprint density at radius 1 is 0.412 bits per heavy atom. The molecule has 1 aliphatic rings. The highest BCUT2D eigenvalue weighted by atomic mass is 16.7. The normalized spacial score (nSPS) is 19.0. The minimum absolute atomic E-state index is 0.233. The predicted molar refractivity (Wildman–Crippen MR) is 363 cm³/mol. The molecule has 0 aliphatic carbocycles.